The van der Waals surface area contributed by atoms with Crippen LogP contribution in [-0.2, 0) is 5.54 Å². The number of methoxy groups -OCH3 is 1. The Balaban J connectivity index is 3.19. The molecule has 3 nitrogen and oxygen atoms in total. The monoisotopic (exact) mass is 216 g/mol. The van der Waals surface area contributed by atoms with E-state index < -0.39 is 12.0 Å². The predicted octanol–water partition coefficient (Wildman–Crippen LogP) is 1.84. The molecule has 0 amide bonds. The second-order valence-electron chi connectivity index (χ2n) is 3.62. The van der Waals surface area contributed by atoms with Crippen molar-refractivity contribution >= 4 is 0 Å². The Morgan fingerprint density at radius 1 is 1.47 bits per heavy atom. The molecular weight excluding hydrogens is 202 g/mol. The smallest absolute Gasteiger partial charge is 0.260 e. The summed E-state index contributed by atoms with van der Waals surface area (Å²) in [6, 6.07) is 2.97. The number of nitrogens with two attached hydrogens (primary N) is 1. The minimum absolute atomic E-state index is 0.294. The standard InChI is InChI=1S/C10H14F2N2O/c1-6-4-7(5-8(14-6)15-3)10(2,13)9(11)12/h4-5,9H,13H2,1-3H3. The first-order valence-electron chi connectivity index (χ1n) is 4.48. The van der Waals surface area contributed by atoms with Crippen LogP contribution in [0.1, 0.15) is 18.2 Å². The van der Waals surface area contributed by atoms with E-state index in [1.165, 1.54) is 26.2 Å². The van der Waals surface area contributed by atoms with Crippen LogP contribution in [0, 0.1) is 6.92 Å². The number of halogens is 2. The third-order valence-corrected chi connectivity index (χ3v) is 2.21. The molecule has 0 aliphatic carbocycles. The number of alkyl halides is 2. The maximum absolute atomic E-state index is 12.7. The molecule has 0 fully saturated rings. The quantitative estimate of drug-likeness (QED) is 0.838. The van der Waals surface area contributed by atoms with Crippen LogP contribution in [0.4, 0.5) is 8.78 Å². The summed E-state index contributed by atoms with van der Waals surface area (Å²) >= 11 is 0. The molecule has 1 aromatic heterocycles. The number of nitrogens with zero attached hydrogens (tertiary/aromatic N) is 1. The number of aromatic nitrogens is 1. The summed E-state index contributed by atoms with van der Waals surface area (Å²) in [4.78, 5) is 4.00. The number of pyridine rings is 1. The van der Waals surface area contributed by atoms with E-state index in [0.29, 0.717) is 17.1 Å². The van der Waals surface area contributed by atoms with Crippen LogP contribution in [0.15, 0.2) is 12.1 Å². The highest BCUT2D eigenvalue weighted by Gasteiger charge is 2.33. The van der Waals surface area contributed by atoms with Gasteiger partial charge in [-0.25, -0.2) is 13.8 Å². The molecule has 1 rings (SSSR count). The first-order valence-corrected chi connectivity index (χ1v) is 4.48. The molecule has 0 radical (unpaired) electrons. The highest BCUT2D eigenvalue weighted by molar-refractivity contribution is 5.30. The minimum Gasteiger partial charge on any atom is -0.481 e. The Bertz CT molecular complexity index is 353. The molecule has 1 aromatic rings. The van der Waals surface area contributed by atoms with Crippen LogP contribution in [0.25, 0.3) is 0 Å². The maximum atomic E-state index is 12.7. The van der Waals surface area contributed by atoms with Crippen LogP contribution in [0.5, 0.6) is 5.88 Å². The first-order chi connectivity index (χ1) is 6.87. The highest BCUT2D eigenvalue weighted by atomic mass is 19.3. The number of hydrogen-bond donors (Lipinski definition) is 1. The summed E-state index contributed by atoms with van der Waals surface area (Å²) in [5.74, 6) is 0.294. The summed E-state index contributed by atoms with van der Waals surface area (Å²) < 4.78 is 30.3. The molecule has 1 atom stereocenters. The van der Waals surface area contributed by atoms with Gasteiger partial charge in [0.15, 0.2) is 0 Å². The van der Waals surface area contributed by atoms with Crippen molar-refractivity contribution in [1.29, 1.82) is 0 Å². The molecule has 0 spiro atoms. The second kappa shape index (κ2) is 4.10. The van der Waals surface area contributed by atoms with Crippen molar-refractivity contribution in [3.8, 4) is 5.88 Å². The van der Waals surface area contributed by atoms with E-state index >= 15 is 0 Å². The van der Waals surface area contributed by atoms with Crippen molar-refractivity contribution in [3.05, 3.63) is 23.4 Å². The van der Waals surface area contributed by atoms with E-state index in [-0.39, 0.29) is 0 Å². The van der Waals surface area contributed by atoms with Crippen molar-refractivity contribution in [2.24, 2.45) is 5.73 Å². The summed E-state index contributed by atoms with van der Waals surface area (Å²) in [5, 5.41) is 0. The van der Waals surface area contributed by atoms with Crippen molar-refractivity contribution in [2.45, 2.75) is 25.8 Å². The van der Waals surface area contributed by atoms with E-state index in [9.17, 15) is 8.78 Å². The topological polar surface area (TPSA) is 48.1 Å². The SMILES string of the molecule is COc1cc(C(C)(N)C(F)F)cc(C)n1. The van der Waals surface area contributed by atoms with E-state index in [2.05, 4.69) is 4.98 Å². The van der Waals surface area contributed by atoms with Crippen LogP contribution >= 0.6 is 0 Å². The van der Waals surface area contributed by atoms with Crippen LogP contribution < -0.4 is 10.5 Å². The highest BCUT2D eigenvalue weighted by Crippen LogP contribution is 2.27. The van der Waals surface area contributed by atoms with E-state index in [1.807, 2.05) is 0 Å². The summed E-state index contributed by atoms with van der Waals surface area (Å²) in [6.45, 7) is 2.99. The van der Waals surface area contributed by atoms with Crippen molar-refractivity contribution in [3.63, 3.8) is 0 Å². The molecule has 0 aliphatic heterocycles. The summed E-state index contributed by atoms with van der Waals surface area (Å²) in [7, 11) is 1.43. The summed E-state index contributed by atoms with van der Waals surface area (Å²) in [5.41, 5.74) is 4.78. The molecule has 1 heterocycles. The molecule has 84 valence electrons. The largest absolute Gasteiger partial charge is 0.481 e. The minimum atomic E-state index is -2.64. The average molecular weight is 216 g/mol. The second-order valence-corrected chi connectivity index (χ2v) is 3.62. The zero-order valence-corrected chi connectivity index (χ0v) is 8.92. The van der Waals surface area contributed by atoms with Gasteiger partial charge in [-0.3, -0.25) is 0 Å². The first kappa shape index (κ1) is 11.8. The number of hydrogen-bond acceptors (Lipinski definition) is 3. The number of aryl methyl sites for hydroxylation is 1. The average Bonchev–Trinajstić information content (AvgIpc) is 2.16. The Hall–Kier alpha value is -1.23. The lowest BCUT2D eigenvalue weighted by Crippen LogP contribution is -2.40. The number of ether oxygens (including phenoxy) is 1. The van der Waals surface area contributed by atoms with E-state index in [4.69, 9.17) is 10.5 Å². The molecule has 2 N–H and O–H groups in total. The van der Waals surface area contributed by atoms with E-state index in [1.54, 1.807) is 6.92 Å². The van der Waals surface area contributed by atoms with Gasteiger partial charge in [-0.05, 0) is 25.5 Å². The van der Waals surface area contributed by atoms with Crippen molar-refractivity contribution < 1.29 is 13.5 Å². The Morgan fingerprint density at radius 3 is 2.53 bits per heavy atom. The Labute approximate surface area is 87.3 Å². The van der Waals surface area contributed by atoms with Gasteiger partial charge in [-0.15, -0.1) is 0 Å². The third-order valence-electron chi connectivity index (χ3n) is 2.21. The summed E-state index contributed by atoms with van der Waals surface area (Å²) in [6.07, 6.45) is -2.64. The van der Waals surface area contributed by atoms with Crippen LogP contribution in [0.2, 0.25) is 0 Å². The zero-order chi connectivity index (χ0) is 11.6. The third kappa shape index (κ3) is 2.41. The molecule has 0 aliphatic rings. The van der Waals surface area contributed by atoms with Gasteiger partial charge in [0.2, 0.25) is 5.88 Å². The molecule has 15 heavy (non-hydrogen) atoms. The lowest BCUT2D eigenvalue weighted by Gasteiger charge is -2.24. The van der Waals surface area contributed by atoms with Gasteiger partial charge in [0.25, 0.3) is 6.43 Å². The normalized spacial score (nSPS) is 15.1. The van der Waals surface area contributed by atoms with Gasteiger partial charge >= 0.3 is 0 Å². The molecule has 5 heteroatoms. The fourth-order valence-corrected chi connectivity index (χ4v) is 1.18. The predicted molar refractivity (Wildman–Crippen MR) is 53.1 cm³/mol. The van der Waals surface area contributed by atoms with Crippen LogP contribution in [-0.4, -0.2) is 18.5 Å². The Morgan fingerprint density at radius 2 is 2.07 bits per heavy atom. The van der Waals surface area contributed by atoms with Gasteiger partial charge in [-0.2, -0.15) is 0 Å². The van der Waals surface area contributed by atoms with Crippen LogP contribution in [0.3, 0.4) is 0 Å². The molecule has 0 aromatic carbocycles. The molecule has 1 unspecified atom stereocenters. The van der Waals surface area contributed by atoms with Gasteiger partial charge in [-0.1, -0.05) is 0 Å². The van der Waals surface area contributed by atoms with Gasteiger partial charge < -0.3 is 10.5 Å². The number of rotatable bonds is 3. The molecule has 0 saturated heterocycles. The van der Waals surface area contributed by atoms with E-state index in [0.717, 1.165) is 0 Å². The lowest BCUT2D eigenvalue weighted by atomic mass is 9.94. The van der Waals surface area contributed by atoms with Crippen molar-refractivity contribution in [1.82, 2.24) is 4.98 Å². The van der Waals surface area contributed by atoms with Gasteiger partial charge in [0.1, 0.15) is 0 Å². The van der Waals surface area contributed by atoms with Crippen molar-refractivity contribution in [2.75, 3.05) is 7.11 Å². The van der Waals surface area contributed by atoms with Gasteiger partial charge in [0, 0.05) is 11.8 Å². The fraction of sp³-hybridized carbons (Fsp3) is 0.500. The molecule has 0 saturated carbocycles. The van der Waals surface area contributed by atoms with Gasteiger partial charge in [0.05, 0.1) is 12.6 Å². The fourth-order valence-electron chi connectivity index (χ4n) is 1.18. The molecule has 0 bridgehead atoms. The maximum Gasteiger partial charge on any atom is 0.260 e. The zero-order valence-electron chi connectivity index (χ0n) is 8.92. The Kier molecular flexibility index (Phi) is 3.24. The lowest BCUT2D eigenvalue weighted by molar-refractivity contribution is 0.0623. The molecular formula is C10H14F2N2O.